The van der Waals surface area contributed by atoms with Gasteiger partial charge in [0.15, 0.2) is 5.78 Å². The van der Waals surface area contributed by atoms with Crippen molar-refractivity contribution < 1.29 is 4.79 Å². The van der Waals surface area contributed by atoms with Gasteiger partial charge < -0.3 is 4.57 Å². The van der Waals surface area contributed by atoms with Gasteiger partial charge >= 0.3 is 0 Å². The maximum atomic E-state index is 12.8. The SMILES string of the molecule is O=C(c1ccccc1)C1CC1c1cn(Cc2ccccc2)c2ccccc12. The zero-order valence-electron chi connectivity index (χ0n) is 15.1. The van der Waals surface area contributed by atoms with Crippen LogP contribution in [0.15, 0.2) is 91.1 Å². The summed E-state index contributed by atoms with van der Waals surface area (Å²) in [5.41, 5.74) is 4.68. The highest BCUT2D eigenvalue weighted by atomic mass is 16.1. The third kappa shape index (κ3) is 2.97. The van der Waals surface area contributed by atoms with E-state index in [4.69, 9.17) is 0 Å². The van der Waals surface area contributed by atoms with Crippen molar-refractivity contribution in [2.45, 2.75) is 18.9 Å². The molecule has 0 bridgehead atoms. The largest absolute Gasteiger partial charge is 0.343 e. The van der Waals surface area contributed by atoms with Crippen LogP contribution in [0.2, 0.25) is 0 Å². The van der Waals surface area contributed by atoms with Crippen LogP contribution in [0, 0.1) is 5.92 Å². The Morgan fingerprint density at radius 2 is 1.52 bits per heavy atom. The van der Waals surface area contributed by atoms with Gasteiger partial charge in [0.25, 0.3) is 0 Å². The molecule has 0 spiro atoms. The fraction of sp³-hybridized carbons (Fsp3) is 0.160. The summed E-state index contributed by atoms with van der Waals surface area (Å²) >= 11 is 0. The first-order valence-electron chi connectivity index (χ1n) is 9.52. The molecule has 1 aromatic heterocycles. The first-order valence-corrected chi connectivity index (χ1v) is 9.52. The average molecular weight is 351 g/mol. The molecule has 1 aliphatic carbocycles. The van der Waals surface area contributed by atoms with E-state index in [0.717, 1.165) is 18.5 Å². The number of ketones is 1. The van der Waals surface area contributed by atoms with Gasteiger partial charge in [-0.15, -0.1) is 0 Å². The van der Waals surface area contributed by atoms with E-state index < -0.39 is 0 Å². The van der Waals surface area contributed by atoms with Crippen LogP contribution < -0.4 is 0 Å². The molecule has 132 valence electrons. The molecule has 3 aromatic carbocycles. The Hall–Kier alpha value is -3.13. The van der Waals surface area contributed by atoms with E-state index in [-0.39, 0.29) is 11.7 Å². The van der Waals surface area contributed by atoms with Crippen LogP contribution in [-0.2, 0) is 6.54 Å². The topological polar surface area (TPSA) is 22.0 Å². The van der Waals surface area contributed by atoms with Crippen LogP contribution in [0.1, 0.15) is 33.8 Å². The van der Waals surface area contributed by atoms with E-state index >= 15 is 0 Å². The van der Waals surface area contributed by atoms with Gasteiger partial charge in [-0.1, -0.05) is 78.9 Å². The zero-order chi connectivity index (χ0) is 18.2. The molecule has 0 amide bonds. The quantitative estimate of drug-likeness (QED) is 0.424. The number of hydrogen-bond acceptors (Lipinski definition) is 1. The number of Topliss-reactive ketones (excluding diaryl/α,β-unsaturated/α-hetero) is 1. The molecule has 0 N–H and O–H groups in total. The Morgan fingerprint density at radius 3 is 2.30 bits per heavy atom. The molecule has 1 heterocycles. The summed E-state index contributed by atoms with van der Waals surface area (Å²) in [6.07, 6.45) is 3.22. The lowest BCUT2D eigenvalue weighted by Crippen LogP contribution is -2.02. The van der Waals surface area contributed by atoms with Crippen molar-refractivity contribution in [2.24, 2.45) is 5.92 Å². The van der Waals surface area contributed by atoms with Crippen LogP contribution in [-0.4, -0.2) is 10.4 Å². The molecular formula is C25H21NO. The van der Waals surface area contributed by atoms with Crippen molar-refractivity contribution in [3.05, 3.63) is 108 Å². The summed E-state index contributed by atoms with van der Waals surface area (Å²) in [5.74, 6) is 0.725. The van der Waals surface area contributed by atoms with Crippen molar-refractivity contribution in [3.63, 3.8) is 0 Å². The molecule has 0 saturated heterocycles. The molecule has 4 aromatic rings. The lowest BCUT2D eigenvalue weighted by Gasteiger charge is -2.05. The lowest BCUT2D eigenvalue weighted by molar-refractivity contribution is 0.0965. The smallest absolute Gasteiger partial charge is 0.166 e. The summed E-state index contributed by atoms with van der Waals surface area (Å²) < 4.78 is 2.32. The van der Waals surface area contributed by atoms with Crippen molar-refractivity contribution in [1.29, 1.82) is 0 Å². The van der Waals surface area contributed by atoms with Gasteiger partial charge in [0.2, 0.25) is 0 Å². The first-order chi connectivity index (χ1) is 13.3. The van der Waals surface area contributed by atoms with Gasteiger partial charge in [0.05, 0.1) is 0 Å². The Kier molecular flexibility index (Phi) is 3.90. The molecule has 2 heteroatoms. The van der Waals surface area contributed by atoms with Gasteiger partial charge in [-0.2, -0.15) is 0 Å². The number of aromatic nitrogens is 1. The minimum absolute atomic E-state index is 0.114. The maximum absolute atomic E-state index is 12.8. The number of carbonyl (C=O) groups is 1. The summed E-state index contributed by atoms with van der Waals surface area (Å²) in [4.78, 5) is 12.8. The molecular weight excluding hydrogens is 330 g/mol. The second kappa shape index (κ2) is 6.55. The number of fused-ring (bicyclic) bond motifs is 1. The van der Waals surface area contributed by atoms with Crippen molar-refractivity contribution >= 4 is 16.7 Å². The van der Waals surface area contributed by atoms with Crippen LogP contribution in [0.3, 0.4) is 0 Å². The van der Waals surface area contributed by atoms with E-state index in [1.165, 1.54) is 22.0 Å². The fourth-order valence-corrected chi connectivity index (χ4v) is 4.13. The molecule has 1 fully saturated rings. The number of rotatable bonds is 5. The second-order valence-electron chi connectivity index (χ2n) is 7.39. The van der Waals surface area contributed by atoms with Crippen molar-refractivity contribution in [2.75, 3.05) is 0 Å². The number of carbonyl (C=O) groups excluding carboxylic acids is 1. The Labute approximate surface area is 159 Å². The van der Waals surface area contributed by atoms with Crippen LogP contribution in [0.25, 0.3) is 10.9 Å². The fourth-order valence-electron chi connectivity index (χ4n) is 4.13. The molecule has 2 nitrogen and oxygen atoms in total. The highest BCUT2D eigenvalue weighted by molar-refractivity contribution is 6.01. The van der Waals surface area contributed by atoms with Gasteiger partial charge in [-0.25, -0.2) is 0 Å². The molecule has 27 heavy (non-hydrogen) atoms. The third-order valence-electron chi connectivity index (χ3n) is 5.60. The highest BCUT2D eigenvalue weighted by Crippen LogP contribution is 2.51. The van der Waals surface area contributed by atoms with Gasteiger partial charge in [0.1, 0.15) is 0 Å². The molecule has 2 atom stereocenters. The van der Waals surface area contributed by atoms with Crippen LogP contribution >= 0.6 is 0 Å². The summed E-state index contributed by atoms with van der Waals surface area (Å²) in [6, 6.07) is 28.8. The number of para-hydroxylation sites is 1. The van der Waals surface area contributed by atoms with Gasteiger partial charge in [-0.05, 0) is 29.5 Å². The Morgan fingerprint density at radius 1 is 0.852 bits per heavy atom. The summed E-state index contributed by atoms with van der Waals surface area (Å²) in [7, 11) is 0. The number of nitrogens with zero attached hydrogens (tertiary/aromatic N) is 1. The van der Waals surface area contributed by atoms with Crippen molar-refractivity contribution in [3.8, 4) is 0 Å². The van der Waals surface area contributed by atoms with E-state index in [2.05, 4.69) is 59.3 Å². The monoisotopic (exact) mass is 351 g/mol. The minimum atomic E-state index is 0.114. The van der Waals surface area contributed by atoms with E-state index in [1.807, 2.05) is 36.4 Å². The number of hydrogen-bond donors (Lipinski definition) is 0. The molecule has 0 radical (unpaired) electrons. The van der Waals surface area contributed by atoms with Gasteiger partial charge in [-0.3, -0.25) is 4.79 Å². The zero-order valence-corrected chi connectivity index (χ0v) is 15.1. The van der Waals surface area contributed by atoms with Gasteiger partial charge in [0, 0.05) is 35.1 Å². The normalized spacial score (nSPS) is 18.5. The molecule has 0 aliphatic heterocycles. The maximum Gasteiger partial charge on any atom is 0.166 e. The molecule has 2 unspecified atom stereocenters. The highest BCUT2D eigenvalue weighted by Gasteiger charge is 2.45. The predicted molar refractivity (Wildman–Crippen MR) is 109 cm³/mol. The Balaban J connectivity index is 1.47. The second-order valence-corrected chi connectivity index (χ2v) is 7.39. The van der Waals surface area contributed by atoms with Crippen LogP contribution in [0.5, 0.6) is 0 Å². The molecule has 1 saturated carbocycles. The molecule has 5 rings (SSSR count). The first kappa shape index (κ1) is 16.1. The van der Waals surface area contributed by atoms with E-state index in [0.29, 0.717) is 5.92 Å². The predicted octanol–water partition coefficient (Wildman–Crippen LogP) is 5.68. The minimum Gasteiger partial charge on any atom is -0.343 e. The summed E-state index contributed by atoms with van der Waals surface area (Å²) in [6.45, 7) is 0.853. The van der Waals surface area contributed by atoms with Crippen LogP contribution in [0.4, 0.5) is 0 Å². The van der Waals surface area contributed by atoms with Crippen molar-refractivity contribution in [1.82, 2.24) is 4.57 Å². The average Bonchev–Trinajstić information content (AvgIpc) is 3.45. The van der Waals surface area contributed by atoms with E-state index in [9.17, 15) is 4.79 Å². The lowest BCUT2D eigenvalue weighted by atomic mass is 10.0. The number of benzene rings is 3. The molecule has 1 aliphatic rings. The standard InChI is InChI=1S/C25H21NO/c27-25(19-11-5-2-6-12-19)22-15-21(22)23-17-26(16-18-9-3-1-4-10-18)24-14-8-7-13-20(23)24/h1-14,17,21-22H,15-16H2. The summed E-state index contributed by atoms with van der Waals surface area (Å²) in [5, 5.41) is 1.28. The van der Waals surface area contributed by atoms with E-state index in [1.54, 1.807) is 0 Å². The Bertz CT molecular complexity index is 1100. The third-order valence-corrected chi connectivity index (χ3v) is 5.60.